The zero-order chi connectivity index (χ0) is 43.7. The molecule has 1 aliphatic heterocycles. The van der Waals surface area contributed by atoms with Gasteiger partial charge in [-0.1, -0.05) is 49.4 Å². The number of sulfonamides is 1. The Hall–Kier alpha value is -5.97. The summed E-state index contributed by atoms with van der Waals surface area (Å²) in [6, 6.07) is 13.5. The molecule has 0 bridgehead atoms. The second-order valence-electron chi connectivity index (χ2n) is 16.4. The Balaban J connectivity index is 1.38. The molecule has 3 aliphatic rings. The van der Waals surface area contributed by atoms with Crippen LogP contribution in [0.25, 0.3) is 22.2 Å². The van der Waals surface area contributed by atoms with E-state index in [1.54, 1.807) is 45.0 Å². The predicted molar refractivity (Wildman–Crippen MR) is 221 cm³/mol. The Bertz CT molecular complexity index is 2340. The lowest BCUT2D eigenvalue weighted by atomic mass is 9.91. The lowest BCUT2D eigenvalue weighted by Gasteiger charge is -2.33. The largest absolute Gasteiger partial charge is 0.497 e. The second kappa shape index (κ2) is 17.0. The van der Waals surface area contributed by atoms with E-state index >= 15 is 0 Å². The monoisotopic (exact) mass is 845 g/mol. The Labute approximate surface area is 348 Å². The summed E-state index contributed by atoms with van der Waals surface area (Å²) in [7, 11) is -2.44. The summed E-state index contributed by atoms with van der Waals surface area (Å²) < 4.78 is 45.3. The number of benzene rings is 2. The van der Waals surface area contributed by atoms with E-state index < -0.39 is 86.2 Å². The van der Waals surface area contributed by atoms with Crippen LogP contribution in [-0.4, -0.2) is 101 Å². The third kappa shape index (κ3) is 9.40. The van der Waals surface area contributed by atoms with Crippen molar-refractivity contribution in [3.8, 4) is 22.8 Å². The number of nitrogens with zero attached hydrogens (tertiary/aromatic N) is 2. The van der Waals surface area contributed by atoms with Crippen LogP contribution >= 0.6 is 0 Å². The molecule has 4 N–H and O–H groups in total. The van der Waals surface area contributed by atoms with Crippen molar-refractivity contribution in [1.29, 1.82) is 0 Å². The van der Waals surface area contributed by atoms with E-state index in [4.69, 9.17) is 19.2 Å². The number of amides is 4. The smallest absolute Gasteiger partial charge is 0.408 e. The first-order valence-corrected chi connectivity index (χ1v) is 21.3. The van der Waals surface area contributed by atoms with Crippen molar-refractivity contribution in [3.63, 3.8) is 0 Å². The molecule has 17 heteroatoms. The first-order chi connectivity index (χ1) is 28.3. The number of likely N-dealkylation sites (tertiary alicyclic amines) is 1. The lowest BCUT2D eigenvalue weighted by Crippen LogP contribution is -2.59. The van der Waals surface area contributed by atoms with Gasteiger partial charge in [-0.3, -0.25) is 19.1 Å². The van der Waals surface area contributed by atoms with Crippen molar-refractivity contribution in [1.82, 2.24) is 25.2 Å². The molecule has 6 atom stereocenters. The Morgan fingerprint density at radius 3 is 2.35 bits per heavy atom. The average molecular weight is 846 g/mol. The van der Waals surface area contributed by atoms with Crippen LogP contribution in [0.1, 0.15) is 60.3 Å². The summed E-state index contributed by atoms with van der Waals surface area (Å²) in [4.78, 5) is 74.7. The molecule has 3 aromatic rings. The van der Waals surface area contributed by atoms with Crippen molar-refractivity contribution in [3.05, 3.63) is 78.9 Å². The fourth-order valence-corrected chi connectivity index (χ4v) is 8.87. The van der Waals surface area contributed by atoms with Crippen LogP contribution in [0, 0.1) is 11.8 Å². The van der Waals surface area contributed by atoms with E-state index in [2.05, 4.69) is 21.9 Å². The van der Waals surface area contributed by atoms with E-state index in [0.717, 1.165) is 5.56 Å². The first-order valence-electron chi connectivity index (χ1n) is 19.7. The number of alkyl carbamates (subject to hydrolysis) is 1. The number of ether oxygens (including phenoxy) is 3. The van der Waals surface area contributed by atoms with Gasteiger partial charge in [0.2, 0.25) is 21.8 Å². The highest BCUT2D eigenvalue weighted by atomic mass is 32.2. The number of hydrogen-bond acceptors (Lipinski definition) is 11. The molecule has 6 rings (SSSR count). The first kappa shape index (κ1) is 43.6. The van der Waals surface area contributed by atoms with Gasteiger partial charge in [0.15, 0.2) is 0 Å². The molecule has 2 heterocycles. The molecule has 1 aromatic heterocycles. The van der Waals surface area contributed by atoms with Crippen LogP contribution in [0.2, 0.25) is 0 Å². The van der Waals surface area contributed by atoms with E-state index in [1.165, 1.54) is 38.0 Å². The summed E-state index contributed by atoms with van der Waals surface area (Å²) in [6.07, 6.45) is 1.68. The molecule has 0 radical (unpaired) electrons. The third-order valence-electron chi connectivity index (χ3n) is 10.9. The van der Waals surface area contributed by atoms with Gasteiger partial charge >= 0.3 is 12.1 Å². The Morgan fingerprint density at radius 1 is 1.07 bits per heavy atom. The summed E-state index contributed by atoms with van der Waals surface area (Å²) in [5.41, 5.74) is -0.897. The molecule has 4 amide bonds. The molecular formula is C43H51N5O11S. The zero-order valence-corrected chi connectivity index (χ0v) is 35.2. The highest BCUT2D eigenvalue weighted by Gasteiger charge is 2.62. The molecular weight excluding hydrogens is 795 g/mol. The predicted octanol–water partition coefficient (Wildman–Crippen LogP) is 4.49. The average Bonchev–Trinajstić information content (AvgIpc) is 4.13. The topological polar surface area (TPSA) is 220 Å². The fraction of sp³-hybridized carbons (Fsp3) is 0.442. The van der Waals surface area contributed by atoms with Crippen LogP contribution in [0.3, 0.4) is 0 Å². The van der Waals surface area contributed by atoms with Gasteiger partial charge in [0.05, 0.1) is 30.1 Å². The van der Waals surface area contributed by atoms with Gasteiger partial charge in [-0.15, -0.1) is 6.58 Å². The quantitative estimate of drug-likeness (QED) is 0.123. The van der Waals surface area contributed by atoms with E-state index in [-0.39, 0.29) is 25.0 Å². The number of rotatable bonds is 15. The number of carboxylic acid groups (broad SMARTS) is 1. The normalized spacial score (nSPS) is 22.5. The standard InChI is InChI=1S/C43H51N5O11S/c1-8-26-22-43(26,40(53)47-60(55,56)29-16-17-29)46-37(49)34-20-28(23-48(34)38(50)36(24(3)30(9-2)39(51)52)45-41(54)59-42(4,5)6)58-35-21-32(25-13-11-10-12-14-25)44-33-19-27(57-7)15-18-31(33)35/h8-15,18-19,21,24,26,28-29,34,36H,1,16-17,20,22-23H2,2-7H3,(H,45,54)(H,46,49)(H,47,53)(H,51,52)/t24-,26-,28-,34+,36+,43-/m1/s1. The maximum atomic E-state index is 14.9. The summed E-state index contributed by atoms with van der Waals surface area (Å²) in [5, 5.41) is 15.3. The molecule has 320 valence electrons. The van der Waals surface area contributed by atoms with Crippen LogP contribution in [0.5, 0.6) is 11.5 Å². The van der Waals surface area contributed by atoms with Gasteiger partial charge in [0, 0.05) is 46.9 Å². The van der Waals surface area contributed by atoms with Gasteiger partial charge in [-0.25, -0.2) is 23.0 Å². The highest BCUT2D eigenvalue weighted by molar-refractivity contribution is 7.91. The van der Waals surface area contributed by atoms with Crippen molar-refractivity contribution < 1.29 is 51.7 Å². The third-order valence-corrected chi connectivity index (χ3v) is 12.7. The number of carbonyl (C=O) groups excluding carboxylic acids is 4. The Kier molecular flexibility index (Phi) is 12.3. The number of allylic oxidation sites excluding steroid dienone is 1. The van der Waals surface area contributed by atoms with Crippen molar-refractivity contribution in [2.75, 3.05) is 13.7 Å². The van der Waals surface area contributed by atoms with Crippen molar-refractivity contribution in [2.45, 2.75) is 94.9 Å². The van der Waals surface area contributed by atoms with E-state index in [9.17, 15) is 37.5 Å². The molecule has 2 saturated carbocycles. The summed E-state index contributed by atoms with van der Waals surface area (Å²) in [6.45, 7) is 11.4. The van der Waals surface area contributed by atoms with Gasteiger partial charge in [0.25, 0.3) is 5.91 Å². The molecule has 0 spiro atoms. The second-order valence-corrected chi connectivity index (χ2v) is 18.3. The van der Waals surface area contributed by atoms with Crippen molar-refractivity contribution in [2.24, 2.45) is 11.8 Å². The number of aliphatic carboxylic acids is 1. The molecule has 0 unspecified atom stereocenters. The zero-order valence-electron chi connectivity index (χ0n) is 34.4. The number of carbonyl (C=O) groups is 5. The maximum absolute atomic E-state index is 14.9. The number of hydrogen-bond donors (Lipinski definition) is 4. The lowest BCUT2D eigenvalue weighted by molar-refractivity contribution is -0.142. The van der Waals surface area contributed by atoms with Crippen molar-refractivity contribution >= 4 is 50.7 Å². The van der Waals surface area contributed by atoms with Crippen LogP contribution < -0.4 is 24.8 Å². The number of fused-ring (bicyclic) bond motifs is 1. The molecule has 2 aliphatic carbocycles. The SMILES string of the molecule is C=C[C@@H]1C[C@]1(NC(=O)[C@@H]1C[C@@H](Oc2cc(-c3ccccc3)nc3cc(OC)ccc23)CN1C(=O)[C@@H](NC(=O)OC(C)(C)C)[C@H](C)C(=CC)C(=O)O)C(=O)NS(=O)(=O)C1CC1. The number of carboxylic acids is 1. The van der Waals surface area contributed by atoms with Gasteiger partial charge < -0.3 is 34.9 Å². The number of aromatic nitrogens is 1. The minimum absolute atomic E-state index is 0.0622. The fourth-order valence-electron chi connectivity index (χ4n) is 7.51. The Morgan fingerprint density at radius 2 is 1.77 bits per heavy atom. The molecule has 60 heavy (non-hydrogen) atoms. The maximum Gasteiger partial charge on any atom is 0.408 e. The molecule has 3 fully saturated rings. The van der Waals surface area contributed by atoms with Crippen LogP contribution in [-0.2, 0) is 33.9 Å². The minimum Gasteiger partial charge on any atom is -0.497 e. The van der Waals surface area contributed by atoms with Crippen LogP contribution in [0.4, 0.5) is 4.79 Å². The number of methoxy groups -OCH3 is 1. The molecule has 1 saturated heterocycles. The van der Waals surface area contributed by atoms with Gasteiger partial charge in [-0.05, 0) is 59.1 Å². The number of pyridine rings is 1. The van der Waals surface area contributed by atoms with E-state index in [0.29, 0.717) is 40.9 Å². The highest BCUT2D eigenvalue weighted by Crippen LogP contribution is 2.46. The number of nitrogens with one attached hydrogen (secondary N) is 3. The van der Waals surface area contributed by atoms with Crippen LogP contribution in [0.15, 0.2) is 78.9 Å². The van der Waals surface area contributed by atoms with E-state index in [1.807, 2.05) is 30.3 Å². The molecule has 2 aromatic carbocycles. The van der Waals surface area contributed by atoms with Gasteiger partial charge in [0.1, 0.15) is 40.8 Å². The van der Waals surface area contributed by atoms with Gasteiger partial charge in [-0.2, -0.15) is 0 Å². The summed E-state index contributed by atoms with van der Waals surface area (Å²) >= 11 is 0. The summed E-state index contributed by atoms with van der Waals surface area (Å²) in [5.74, 6) is -4.64. The minimum atomic E-state index is -3.98. The molecule has 16 nitrogen and oxygen atoms in total.